The number of rotatable bonds is 2. The first-order valence-corrected chi connectivity index (χ1v) is 4.62. The lowest BCUT2D eigenvalue weighted by Crippen LogP contribution is -2.04. The number of nitrogens with zero attached hydrogens (tertiary/aromatic N) is 5. The van der Waals surface area contributed by atoms with Crippen molar-refractivity contribution in [2.45, 2.75) is 6.92 Å². The summed E-state index contributed by atoms with van der Waals surface area (Å²) < 4.78 is 0. The Bertz CT molecular complexity index is 536. The number of carboxylic acids is 1. The smallest absolute Gasteiger partial charge is 0.358 e. The molecule has 0 aliphatic rings. The van der Waals surface area contributed by atoms with Crippen molar-refractivity contribution >= 4 is 17.6 Å². The molecule has 2 heterocycles. The molecule has 7 nitrogen and oxygen atoms in total. The van der Waals surface area contributed by atoms with Crippen LogP contribution in [0.2, 0.25) is 5.15 Å². The van der Waals surface area contributed by atoms with Gasteiger partial charge < -0.3 is 5.11 Å². The third-order valence-corrected chi connectivity index (χ3v) is 2.01. The summed E-state index contributed by atoms with van der Waals surface area (Å²) in [6.45, 7) is 1.55. The minimum atomic E-state index is -1.13. The number of hydrogen-bond acceptors (Lipinski definition) is 5. The second-order valence-electron chi connectivity index (χ2n) is 2.94. The lowest BCUT2D eigenvalue weighted by molar-refractivity contribution is 0.0689. The fourth-order valence-electron chi connectivity index (χ4n) is 1.09. The van der Waals surface area contributed by atoms with Gasteiger partial charge in [0.15, 0.2) is 16.7 Å². The summed E-state index contributed by atoms with van der Waals surface area (Å²) in [5.41, 5.74) is 0.195. The Morgan fingerprint density at radius 2 is 2.12 bits per heavy atom. The quantitative estimate of drug-likeness (QED) is 0.830. The van der Waals surface area contributed by atoms with Crippen molar-refractivity contribution in [3.05, 3.63) is 28.7 Å². The molecule has 0 aliphatic carbocycles. The minimum absolute atomic E-state index is 0.114. The Hall–Kier alpha value is -2.02. The van der Waals surface area contributed by atoms with E-state index in [4.69, 9.17) is 16.7 Å². The predicted octanol–water partition coefficient (Wildman–Crippen LogP) is 0.717. The van der Waals surface area contributed by atoms with Gasteiger partial charge in [-0.15, -0.1) is 20.1 Å². The lowest BCUT2D eigenvalue weighted by Gasteiger charge is -1.95. The monoisotopic (exact) mass is 239 g/mol. The van der Waals surface area contributed by atoms with Crippen molar-refractivity contribution < 1.29 is 9.90 Å². The molecule has 2 aromatic heterocycles. The minimum Gasteiger partial charge on any atom is -0.476 e. The molecule has 0 bridgehead atoms. The van der Waals surface area contributed by atoms with E-state index >= 15 is 0 Å². The average molecular weight is 240 g/mol. The Balaban J connectivity index is 2.45. The van der Waals surface area contributed by atoms with Gasteiger partial charge in [-0.1, -0.05) is 11.6 Å². The Kier molecular flexibility index (Phi) is 2.53. The molecule has 0 atom stereocenters. The third kappa shape index (κ3) is 1.84. The number of carbonyl (C=O) groups is 1. The maximum absolute atomic E-state index is 10.7. The molecule has 0 saturated heterocycles. The van der Waals surface area contributed by atoms with Gasteiger partial charge in [0, 0.05) is 0 Å². The summed E-state index contributed by atoms with van der Waals surface area (Å²) >= 11 is 5.57. The van der Waals surface area contributed by atoms with Crippen LogP contribution in [-0.4, -0.2) is 36.3 Å². The van der Waals surface area contributed by atoms with E-state index < -0.39 is 5.97 Å². The second-order valence-corrected chi connectivity index (χ2v) is 3.33. The van der Waals surface area contributed by atoms with E-state index in [9.17, 15) is 4.79 Å². The van der Waals surface area contributed by atoms with Gasteiger partial charge in [0.25, 0.3) is 0 Å². The molecule has 0 radical (unpaired) electrons. The molecule has 0 saturated carbocycles. The average Bonchev–Trinajstić information content (AvgIpc) is 2.61. The van der Waals surface area contributed by atoms with Crippen LogP contribution in [0.3, 0.4) is 0 Å². The fraction of sp³-hybridized carbons (Fsp3) is 0.125. The zero-order valence-electron chi connectivity index (χ0n) is 8.12. The maximum atomic E-state index is 10.7. The van der Waals surface area contributed by atoms with Gasteiger partial charge in [0.05, 0.1) is 5.69 Å². The first-order chi connectivity index (χ1) is 7.58. The third-order valence-electron chi connectivity index (χ3n) is 1.81. The molecule has 0 aliphatic heterocycles. The molecule has 0 amide bonds. The summed E-state index contributed by atoms with van der Waals surface area (Å²) in [6, 6.07) is 3.06. The standard InChI is InChI=1S/C8H6ClN5O2/c1-4-7(8(15)16)13-14(12-4)6-3-2-5(9)10-11-6/h2-3H,1H3,(H,15,16). The van der Waals surface area contributed by atoms with E-state index in [1.54, 1.807) is 13.0 Å². The summed E-state index contributed by atoms with van der Waals surface area (Å²) in [4.78, 5) is 11.8. The van der Waals surface area contributed by atoms with E-state index in [1.165, 1.54) is 6.07 Å². The number of hydrogen-bond donors (Lipinski definition) is 1. The highest BCUT2D eigenvalue weighted by Gasteiger charge is 2.15. The van der Waals surface area contributed by atoms with Gasteiger partial charge in [-0.2, -0.15) is 5.10 Å². The predicted molar refractivity (Wildman–Crippen MR) is 53.7 cm³/mol. The van der Waals surface area contributed by atoms with Gasteiger partial charge in [-0.3, -0.25) is 0 Å². The Morgan fingerprint density at radius 1 is 1.38 bits per heavy atom. The van der Waals surface area contributed by atoms with Crippen molar-refractivity contribution in [2.24, 2.45) is 0 Å². The van der Waals surface area contributed by atoms with Crippen LogP contribution in [0.25, 0.3) is 5.82 Å². The summed E-state index contributed by atoms with van der Waals surface area (Å²) in [7, 11) is 0. The summed E-state index contributed by atoms with van der Waals surface area (Å²) in [5.74, 6) is -0.828. The fourth-order valence-corrected chi connectivity index (χ4v) is 1.20. The molecule has 16 heavy (non-hydrogen) atoms. The van der Waals surface area contributed by atoms with Crippen LogP contribution in [0.4, 0.5) is 0 Å². The van der Waals surface area contributed by atoms with Crippen LogP contribution in [0.5, 0.6) is 0 Å². The molecule has 1 N–H and O–H groups in total. The van der Waals surface area contributed by atoms with E-state index in [1.807, 2.05) is 0 Å². The molecule has 82 valence electrons. The van der Waals surface area contributed by atoms with Gasteiger partial charge in [0.2, 0.25) is 0 Å². The zero-order valence-corrected chi connectivity index (χ0v) is 8.88. The molecule has 2 rings (SSSR count). The molecular formula is C8H6ClN5O2. The number of aryl methyl sites for hydroxylation is 1. The SMILES string of the molecule is Cc1nn(-c2ccc(Cl)nn2)nc1C(=O)O. The van der Waals surface area contributed by atoms with Crippen LogP contribution in [0.15, 0.2) is 12.1 Å². The zero-order chi connectivity index (χ0) is 11.7. The molecule has 2 aromatic rings. The maximum Gasteiger partial charge on any atom is 0.358 e. The molecule has 0 aromatic carbocycles. The molecule has 0 unspecified atom stereocenters. The second kappa shape index (κ2) is 3.86. The van der Waals surface area contributed by atoms with Crippen LogP contribution >= 0.6 is 11.6 Å². The molecule has 0 fully saturated rings. The van der Waals surface area contributed by atoms with Gasteiger partial charge in [0.1, 0.15) is 0 Å². The first-order valence-electron chi connectivity index (χ1n) is 4.25. The number of carboxylic acid groups (broad SMARTS) is 1. The van der Waals surface area contributed by atoms with Crippen LogP contribution < -0.4 is 0 Å². The van der Waals surface area contributed by atoms with E-state index in [0.29, 0.717) is 11.5 Å². The Morgan fingerprint density at radius 3 is 2.62 bits per heavy atom. The van der Waals surface area contributed by atoms with E-state index in [0.717, 1.165) is 4.80 Å². The number of halogens is 1. The number of aromatic carboxylic acids is 1. The van der Waals surface area contributed by atoms with Crippen molar-refractivity contribution in [1.82, 2.24) is 25.2 Å². The highest BCUT2D eigenvalue weighted by atomic mass is 35.5. The van der Waals surface area contributed by atoms with Crippen LogP contribution in [0.1, 0.15) is 16.2 Å². The van der Waals surface area contributed by atoms with E-state index in [-0.39, 0.29) is 10.8 Å². The normalized spacial score (nSPS) is 10.4. The highest BCUT2D eigenvalue weighted by molar-refractivity contribution is 6.29. The van der Waals surface area contributed by atoms with Gasteiger partial charge in [-0.25, -0.2) is 4.79 Å². The topological polar surface area (TPSA) is 93.8 Å². The van der Waals surface area contributed by atoms with Crippen molar-refractivity contribution in [3.8, 4) is 5.82 Å². The van der Waals surface area contributed by atoms with Crippen molar-refractivity contribution in [1.29, 1.82) is 0 Å². The largest absolute Gasteiger partial charge is 0.476 e. The van der Waals surface area contributed by atoms with Crippen molar-refractivity contribution in [2.75, 3.05) is 0 Å². The van der Waals surface area contributed by atoms with E-state index in [2.05, 4.69) is 20.4 Å². The summed E-state index contributed by atoms with van der Waals surface area (Å²) in [5, 5.41) is 24.1. The highest BCUT2D eigenvalue weighted by Crippen LogP contribution is 2.07. The van der Waals surface area contributed by atoms with Crippen molar-refractivity contribution in [3.63, 3.8) is 0 Å². The van der Waals surface area contributed by atoms with Crippen LogP contribution in [-0.2, 0) is 0 Å². The Labute approximate surface area is 94.7 Å². The van der Waals surface area contributed by atoms with Crippen LogP contribution in [0, 0.1) is 6.92 Å². The molecular weight excluding hydrogens is 234 g/mol. The van der Waals surface area contributed by atoms with Gasteiger partial charge in [-0.05, 0) is 19.1 Å². The lowest BCUT2D eigenvalue weighted by atomic mass is 10.4. The number of aromatic nitrogens is 5. The van der Waals surface area contributed by atoms with Gasteiger partial charge >= 0.3 is 5.97 Å². The first kappa shape index (κ1) is 10.5. The molecule has 0 spiro atoms. The molecule has 8 heteroatoms. The summed E-state index contributed by atoms with van der Waals surface area (Å²) in [6.07, 6.45) is 0.